The van der Waals surface area contributed by atoms with E-state index < -0.39 is 12.0 Å². The van der Waals surface area contributed by atoms with Crippen molar-refractivity contribution in [3.05, 3.63) is 0 Å². The highest BCUT2D eigenvalue weighted by atomic mass is 35.5. The molecule has 0 spiro atoms. The molecule has 0 aliphatic rings. The van der Waals surface area contributed by atoms with Crippen LogP contribution in [0.3, 0.4) is 0 Å². The topological polar surface area (TPSA) is 83.5 Å². The van der Waals surface area contributed by atoms with Gasteiger partial charge in [-0.3, -0.25) is 14.4 Å². The molecule has 5 nitrogen and oxygen atoms in total. The summed E-state index contributed by atoms with van der Waals surface area (Å²) in [7, 11) is 0. The minimum atomic E-state index is -1.01. The van der Waals surface area contributed by atoms with Crippen molar-refractivity contribution in [1.29, 1.82) is 0 Å². The van der Waals surface area contributed by atoms with Crippen LogP contribution in [0.4, 0.5) is 0 Å². The highest BCUT2D eigenvalue weighted by Crippen LogP contribution is 1.90. The van der Waals surface area contributed by atoms with E-state index in [2.05, 4.69) is 5.32 Å². The summed E-state index contributed by atoms with van der Waals surface area (Å²) in [5, 5.41) is 10.5. The maximum absolute atomic E-state index is 10.8. The number of carbonyl (C=O) groups is 3. The molecule has 17 heavy (non-hydrogen) atoms. The Bertz CT molecular complexity index is 256. The van der Waals surface area contributed by atoms with E-state index in [9.17, 15) is 14.4 Å². The van der Waals surface area contributed by atoms with Crippen molar-refractivity contribution < 1.29 is 19.5 Å². The zero-order valence-electron chi connectivity index (χ0n) is 10.5. The smallest absolute Gasteiger partial charge is 0.325 e. The predicted molar refractivity (Wildman–Crippen MR) is 65.9 cm³/mol. The van der Waals surface area contributed by atoms with Crippen molar-refractivity contribution in [1.82, 2.24) is 5.32 Å². The Hall–Kier alpha value is -1.10. The standard InChI is InChI=1S/C7H13NO3.C4H7ClO/c1-3-4-6(9)8-5(2)7(10)11;1-2-3-4(5)6/h5H,3-4H2,1-2H3,(H,8,9)(H,10,11);2-3H2,1H3. The molecule has 1 amide bonds. The van der Waals surface area contributed by atoms with Crippen molar-refractivity contribution in [2.75, 3.05) is 0 Å². The van der Waals surface area contributed by atoms with Crippen LogP contribution < -0.4 is 5.32 Å². The summed E-state index contributed by atoms with van der Waals surface area (Å²) in [6.07, 6.45) is 2.47. The van der Waals surface area contributed by atoms with Crippen molar-refractivity contribution in [3.63, 3.8) is 0 Å². The van der Waals surface area contributed by atoms with Gasteiger partial charge in [0.05, 0.1) is 0 Å². The average Bonchev–Trinajstić information content (AvgIpc) is 2.18. The van der Waals surface area contributed by atoms with Crippen LogP contribution in [0.1, 0.15) is 46.5 Å². The van der Waals surface area contributed by atoms with Gasteiger partial charge in [-0.25, -0.2) is 0 Å². The molecule has 0 saturated carbocycles. The normalized spacial score (nSPS) is 10.8. The lowest BCUT2D eigenvalue weighted by atomic mass is 10.3. The second-order valence-electron chi connectivity index (χ2n) is 3.48. The maximum Gasteiger partial charge on any atom is 0.325 e. The van der Waals surface area contributed by atoms with Gasteiger partial charge in [-0.2, -0.15) is 0 Å². The van der Waals surface area contributed by atoms with Crippen LogP contribution in [0, 0.1) is 0 Å². The fourth-order valence-electron chi connectivity index (χ4n) is 0.799. The zero-order chi connectivity index (χ0) is 13.8. The Kier molecular flexibility index (Phi) is 12.2. The molecule has 0 bridgehead atoms. The van der Waals surface area contributed by atoms with Gasteiger partial charge in [-0.05, 0) is 31.4 Å². The number of amides is 1. The molecular formula is C11H20ClNO4. The summed E-state index contributed by atoms with van der Waals surface area (Å²) >= 11 is 4.94. The summed E-state index contributed by atoms with van der Waals surface area (Å²) < 4.78 is 0. The van der Waals surface area contributed by atoms with Crippen LogP contribution in [0.2, 0.25) is 0 Å². The first-order chi connectivity index (χ1) is 7.84. The third-order valence-corrected chi connectivity index (χ3v) is 1.86. The predicted octanol–water partition coefficient (Wildman–Crippen LogP) is 1.93. The SMILES string of the molecule is CCCC(=O)Cl.CCCC(=O)NC(C)C(=O)O. The van der Waals surface area contributed by atoms with Crippen molar-refractivity contribution >= 4 is 28.7 Å². The van der Waals surface area contributed by atoms with Crippen molar-refractivity contribution in [2.45, 2.75) is 52.5 Å². The Morgan fingerprint density at radius 2 is 1.65 bits per heavy atom. The number of carboxylic acid groups (broad SMARTS) is 1. The molecule has 2 N–H and O–H groups in total. The molecule has 0 aromatic heterocycles. The number of carbonyl (C=O) groups excluding carboxylic acids is 2. The Balaban J connectivity index is 0. The van der Waals surface area contributed by atoms with Crippen LogP contribution in [-0.2, 0) is 14.4 Å². The van der Waals surface area contributed by atoms with Gasteiger partial charge in [-0.15, -0.1) is 0 Å². The molecule has 0 radical (unpaired) electrons. The van der Waals surface area contributed by atoms with Crippen LogP contribution in [0.15, 0.2) is 0 Å². The minimum Gasteiger partial charge on any atom is -0.480 e. The van der Waals surface area contributed by atoms with Gasteiger partial charge in [0.1, 0.15) is 6.04 Å². The van der Waals surface area contributed by atoms with E-state index in [1.807, 2.05) is 13.8 Å². The molecular weight excluding hydrogens is 246 g/mol. The van der Waals surface area contributed by atoms with E-state index in [1.54, 1.807) is 0 Å². The van der Waals surface area contributed by atoms with E-state index >= 15 is 0 Å². The lowest BCUT2D eigenvalue weighted by Crippen LogP contribution is -2.38. The Morgan fingerprint density at radius 1 is 1.18 bits per heavy atom. The van der Waals surface area contributed by atoms with E-state index in [1.165, 1.54) is 6.92 Å². The Labute approximate surface area is 107 Å². The van der Waals surface area contributed by atoms with Gasteiger partial charge in [0.25, 0.3) is 0 Å². The minimum absolute atomic E-state index is 0.206. The lowest BCUT2D eigenvalue weighted by Gasteiger charge is -2.07. The average molecular weight is 266 g/mol. The third kappa shape index (κ3) is 14.9. The van der Waals surface area contributed by atoms with Crippen molar-refractivity contribution in [2.24, 2.45) is 0 Å². The molecule has 0 aliphatic heterocycles. The number of hydrogen-bond acceptors (Lipinski definition) is 3. The molecule has 0 aromatic carbocycles. The van der Waals surface area contributed by atoms with Crippen LogP contribution >= 0.6 is 11.6 Å². The second-order valence-corrected chi connectivity index (χ2v) is 3.90. The van der Waals surface area contributed by atoms with Gasteiger partial charge >= 0.3 is 5.97 Å². The first-order valence-corrected chi connectivity index (χ1v) is 5.93. The fourth-order valence-corrected chi connectivity index (χ4v) is 0.988. The molecule has 6 heteroatoms. The van der Waals surface area contributed by atoms with E-state index in [0.29, 0.717) is 12.8 Å². The molecule has 1 unspecified atom stereocenters. The second kappa shape index (κ2) is 11.4. The van der Waals surface area contributed by atoms with Gasteiger partial charge in [0, 0.05) is 12.8 Å². The summed E-state index contributed by atoms with van der Waals surface area (Å²) in [6, 6.07) is -0.783. The van der Waals surface area contributed by atoms with Crippen LogP contribution in [0.25, 0.3) is 0 Å². The highest BCUT2D eigenvalue weighted by molar-refractivity contribution is 6.63. The van der Waals surface area contributed by atoms with Crippen molar-refractivity contribution in [3.8, 4) is 0 Å². The maximum atomic E-state index is 10.8. The van der Waals surface area contributed by atoms with Gasteiger partial charge < -0.3 is 10.4 Å². The number of hydrogen-bond donors (Lipinski definition) is 2. The van der Waals surface area contributed by atoms with Gasteiger partial charge in [-0.1, -0.05) is 13.8 Å². The number of carboxylic acids is 1. The quantitative estimate of drug-likeness (QED) is 0.719. The first-order valence-electron chi connectivity index (χ1n) is 5.55. The van der Waals surface area contributed by atoms with Crippen LogP contribution in [-0.4, -0.2) is 28.3 Å². The molecule has 1 atom stereocenters. The van der Waals surface area contributed by atoms with Gasteiger partial charge in [0.15, 0.2) is 0 Å². The first kappa shape index (κ1) is 18.3. The van der Waals surface area contributed by atoms with Crippen LogP contribution in [0.5, 0.6) is 0 Å². The molecule has 0 aliphatic carbocycles. The molecule has 0 rings (SSSR count). The zero-order valence-corrected chi connectivity index (χ0v) is 11.2. The van der Waals surface area contributed by atoms with E-state index in [-0.39, 0.29) is 11.1 Å². The lowest BCUT2D eigenvalue weighted by molar-refractivity contribution is -0.141. The van der Waals surface area contributed by atoms with E-state index in [4.69, 9.17) is 16.7 Å². The Morgan fingerprint density at radius 3 is 1.88 bits per heavy atom. The molecule has 0 fully saturated rings. The van der Waals surface area contributed by atoms with E-state index in [0.717, 1.165) is 12.8 Å². The third-order valence-electron chi connectivity index (χ3n) is 1.67. The largest absolute Gasteiger partial charge is 0.480 e. The number of nitrogens with one attached hydrogen (secondary N) is 1. The monoisotopic (exact) mass is 265 g/mol. The molecule has 100 valence electrons. The number of aliphatic carboxylic acids is 1. The van der Waals surface area contributed by atoms with Gasteiger partial charge in [0.2, 0.25) is 11.1 Å². The summed E-state index contributed by atoms with van der Waals surface area (Å²) in [6.45, 7) is 5.22. The fraction of sp³-hybridized carbons (Fsp3) is 0.727. The summed E-state index contributed by atoms with van der Waals surface area (Å²) in [4.78, 5) is 30.8. The molecule has 0 aromatic rings. The highest BCUT2D eigenvalue weighted by Gasteiger charge is 2.12. The summed E-state index contributed by atoms with van der Waals surface area (Å²) in [5.74, 6) is -1.21. The molecule has 0 saturated heterocycles. The number of halogens is 1. The summed E-state index contributed by atoms with van der Waals surface area (Å²) in [5.41, 5.74) is 0. The molecule has 0 heterocycles. The number of rotatable bonds is 6.